The van der Waals surface area contributed by atoms with Gasteiger partial charge in [-0.3, -0.25) is 4.79 Å². The summed E-state index contributed by atoms with van der Waals surface area (Å²) in [5.74, 6) is -0.568. The first-order chi connectivity index (χ1) is 9.58. The number of hydrogen-bond acceptors (Lipinski definition) is 1. The highest BCUT2D eigenvalue weighted by Gasteiger charge is 2.19. The number of carbonyl (C=O) groups excluding carboxylic acids is 1. The van der Waals surface area contributed by atoms with Gasteiger partial charge in [-0.25, -0.2) is 4.39 Å². The molecule has 0 saturated heterocycles. The fourth-order valence-electron chi connectivity index (χ4n) is 1.89. The molecule has 0 saturated carbocycles. The van der Waals surface area contributed by atoms with Crippen LogP contribution in [0.25, 0.3) is 0 Å². The SMILES string of the molecule is C[C@@H](NC(=O)C(Cl)c1ccccc1)c1ccc(F)cc1. The molecule has 0 fully saturated rings. The second-order valence-corrected chi connectivity index (χ2v) is 4.99. The maximum absolute atomic E-state index is 12.9. The first kappa shape index (κ1) is 14.5. The third-order valence-corrected chi connectivity index (χ3v) is 3.50. The second kappa shape index (κ2) is 6.53. The fourth-order valence-corrected chi connectivity index (χ4v) is 2.10. The summed E-state index contributed by atoms with van der Waals surface area (Å²) in [4.78, 5) is 12.1. The Hall–Kier alpha value is -1.87. The van der Waals surface area contributed by atoms with Crippen molar-refractivity contribution in [2.75, 3.05) is 0 Å². The lowest BCUT2D eigenvalue weighted by atomic mass is 10.1. The Morgan fingerprint density at radius 1 is 1.05 bits per heavy atom. The summed E-state index contributed by atoms with van der Waals surface area (Å²) in [7, 11) is 0. The van der Waals surface area contributed by atoms with E-state index in [-0.39, 0.29) is 17.8 Å². The van der Waals surface area contributed by atoms with Crippen LogP contribution in [0.5, 0.6) is 0 Å². The van der Waals surface area contributed by atoms with Crippen molar-refractivity contribution in [1.82, 2.24) is 5.32 Å². The Morgan fingerprint density at radius 2 is 1.65 bits per heavy atom. The summed E-state index contributed by atoms with van der Waals surface area (Å²) in [6, 6.07) is 14.9. The smallest absolute Gasteiger partial charge is 0.243 e. The highest BCUT2D eigenvalue weighted by molar-refractivity contribution is 6.30. The van der Waals surface area contributed by atoms with Gasteiger partial charge in [0.05, 0.1) is 6.04 Å². The maximum Gasteiger partial charge on any atom is 0.243 e. The molecule has 2 rings (SSSR count). The summed E-state index contributed by atoms with van der Waals surface area (Å²) in [6.45, 7) is 1.83. The van der Waals surface area contributed by atoms with Gasteiger partial charge in [0.25, 0.3) is 0 Å². The molecule has 0 spiro atoms. The van der Waals surface area contributed by atoms with Gasteiger partial charge in [-0.1, -0.05) is 42.5 Å². The standard InChI is InChI=1S/C16H15ClFNO/c1-11(12-7-9-14(18)10-8-12)19-16(20)15(17)13-5-3-2-4-6-13/h2-11,15H,1H3,(H,19,20)/t11-,15?/m1/s1. The number of benzene rings is 2. The van der Waals surface area contributed by atoms with Crippen molar-refractivity contribution >= 4 is 17.5 Å². The summed E-state index contributed by atoms with van der Waals surface area (Å²) < 4.78 is 12.9. The van der Waals surface area contributed by atoms with Crippen LogP contribution in [-0.2, 0) is 4.79 Å². The predicted octanol–water partition coefficient (Wildman–Crippen LogP) is 3.98. The van der Waals surface area contributed by atoms with Crippen molar-refractivity contribution in [3.8, 4) is 0 Å². The normalized spacial score (nSPS) is 13.6. The van der Waals surface area contributed by atoms with Crippen molar-refractivity contribution < 1.29 is 9.18 Å². The minimum Gasteiger partial charge on any atom is -0.348 e. The Morgan fingerprint density at radius 3 is 2.25 bits per heavy atom. The molecule has 0 aliphatic heterocycles. The lowest BCUT2D eigenvalue weighted by molar-refractivity contribution is -0.121. The fraction of sp³-hybridized carbons (Fsp3) is 0.188. The Balaban J connectivity index is 2.02. The molecule has 1 amide bonds. The van der Waals surface area contributed by atoms with Crippen molar-refractivity contribution in [3.05, 3.63) is 71.5 Å². The number of hydrogen-bond donors (Lipinski definition) is 1. The molecule has 0 aliphatic carbocycles. The van der Waals surface area contributed by atoms with E-state index >= 15 is 0 Å². The van der Waals surface area contributed by atoms with E-state index in [1.54, 1.807) is 24.3 Å². The van der Waals surface area contributed by atoms with Crippen LogP contribution in [0.15, 0.2) is 54.6 Å². The lowest BCUT2D eigenvalue weighted by Gasteiger charge is -2.17. The average molecular weight is 292 g/mol. The van der Waals surface area contributed by atoms with Gasteiger partial charge in [-0.05, 0) is 30.2 Å². The van der Waals surface area contributed by atoms with Crippen molar-refractivity contribution in [1.29, 1.82) is 0 Å². The van der Waals surface area contributed by atoms with Crippen molar-refractivity contribution in [2.45, 2.75) is 18.3 Å². The third-order valence-electron chi connectivity index (χ3n) is 3.05. The van der Waals surface area contributed by atoms with Crippen LogP contribution >= 0.6 is 11.6 Å². The van der Waals surface area contributed by atoms with Gasteiger partial charge in [0.15, 0.2) is 0 Å². The van der Waals surface area contributed by atoms with Gasteiger partial charge in [-0.15, -0.1) is 11.6 Å². The zero-order valence-electron chi connectivity index (χ0n) is 11.0. The van der Waals surface area contributed by atoms with Crippen LogP contribution in [0.4, 0.5) is 4.39 Å². The molecule has 0 aliphatic rings. The first-order valence-corrected chi connectivity index (χ1v) is 6.76. The van der Waals surface area contributed by atoms with Crippen molar-refractivity contribution in [2.24, 2.45) is 0 Å². The molecule has 2 aromatic carbocycles. The molecule has 1 unspecified atom stereocenters. The quantitative estimate of drug-likeness (QED) is 0.848. The van der Waals surface area contributed by atoms with E-state index < -0.39 is 5.38 Å². The van der Waals surface area contributed by atoms with E-state index in [4.69, 9.17) is 11.6 Å². The van der Waals surface area contributed by atoms with Crippen LogP contribution in [0.1, 0.15) is 29.5 Å². The van der Waals surface area contributed by atoms with Gasteiger partial charge in [0.1, 0.15) is 11.2 Å². The number of amides is 1. The van der Waals surface area contributed by atoms with Crippen molar-refractivity contribution in [3.63, 3.8) is 0 Å². The third kappa shape index (κ3) is 3.58. The summed E-state index contributed by atoms with van der Waals surface area (Å²) >= 11 is 6.14. The first-order valence-electron chi connectivity index (χ1n) is 6.33. The minimum atomic E-state index is -0.737. The lowest BCUT2D eigenvalue weighted by Crippen LogP contribution is -2.29. The highest BCUT2D eigenvalue weighted by Crippen LogP contribution is 2.22. The molecule has 4 heteroatoms. The maximum atomic E-state index is 12.9. The largest absolute Gasteiger partial charge is 0.348 e. The zero-order valence-corrected chi connectivity index (χ0v) is 11.8. The summed E-state index contributed by atoms with van der Waals surface area (Å²) in [5, 5.41) is 2.08. The van der Waals surface area contributed by atoms with Gasteiger partial charge in [0.2, 0.25) is 5.91 Å². The number of carbonyl (C=O) groups is 1. The van der Waals surface area contributed by atoms with E-state index in [2.05, 4.69) is 5.32 Å². The molecule has 20 heavy (non-hydrogen) atoms. The van der Waals surface area contributed by atoms with Gasteiger partial charge in [-0.2, -0.15) is 0 Å². The number of nitrogens with one attached hydrogen (secondary N) is 1. The van der Waals surface area contributed by atoms with Crippen LogP contribution < -0.4 is 5.32 Å². The average Bonchev–Trinajstić information content (AvgIpc) is 2.48. The summed E-state index contributed by atoms with van der Waals surface area (Å²) in [5.41, 5.74) is 1.58. The molecule has 0 bridgehead atoms. The Labute approximate surface area is 122 Å². The van der Waals surface area contributed by atoms with Crippen LogP contribution in [0.2, 0.25) is 0 Å². The molecule has 0 aromatic heterocycles. The minimum absolute atomic E-state index is 0.229. The van der Waals surface area contributed by atoms with E-state index in [1.807, 2.05) is 25.1 Å². The molecular weight excluding hydrogens is 277 g/mol. The van der Waals surface area contributed by atoms with Crippen LogP contribution in [-0.4, -0.2) is 5.91 Å². The van der Waals surface area contributed by atoms with Crippen LogP contribution in [0.3, 0.4) is 0 Å². The van der Waals surface area contributed by atoms with Gasteiger partial charge >= 0.3 is 0 Å². The second-order valence-electron chi connectivity index (χ2n) is 4.56. The van der Waals surface area contributed by atoms with E-state index in [0.29, 0.717) is 0 Å². The van der Waals surface area contributed by atoms with E-state index in [9.17, 15) is 9.18 Å². The van der Waals surface area contributed by atoms with Gasteiger partial charge < -0.3 is 5.32 Å². The predicted molar refractivity (Wildman–Crippen MR) is 78.0 cm³/mol. The molecule has 2 aromatic rings. The Kier molecular flexibility index (Phi) is 4.74. The molecule has 2 atom stereocenters. The molecular formula is C16H15ClFNO. The molecule has 0 heterocycles. The number of alkyl halides is 1. The van der Waals surface area contributed by atoms with E-state index in [0.717, 1.165) is 11.1 Å². The molecule has 0 radical (unpaired) electrons. The number of halogens is 2. The molecule has 104 valence electrons. The Bertz CT molecular complexity index is 571. The molecule has 2 nitrogen and oxygen atoms in total. The number of rotatable bonds is 4. The highest BCUT2D eigenvalue weighted by atomic mass is 35.5. The van der Waals surface area contributed by atoms with E-state index in [1.165, 1.54) is 12.1 Å². The van der Waals surface area contributed by atoms with Gasteiger partial charge in [0, 0.05) is 0 Å². The monoisotopic (exact) mass is 291 g/mol. The zero-order chi connectivity index (χ0) is 14.5. The summed E-state index contributed by atoms with van der Waals surface area (Å²) in [6.07, 6.45) is 0. The molecule has 1 N–H and O–H groups in total. The van der Waals surface area contributed by atoms with Crippen LogP contribution in [0, 0.1) is 5.82 Å². The topological polar surface area (TPSA) is 29.1 Å².